The molecule has 0 aliphatic rings. The fourth-order valence-electron chi connectivity index (χ4n) is 1.33. The van der Waals surface area contributed by atoms with Crippen LogP contribution in [0.2, 0.25) is 0 Å². The first-order valence-corrected chi connectivity index (χ1v) is 5.59. The van der Waals surface area contributed by atoms with Crippen LogP contribution in [0.3, 0.4) is 0 Å². The minimum atomic E-state index is -4.41. The molecule has 19 heavy (non-hydrogen) atoms. The molecule has 1 atom stereocenters. The Morgan fingerprint density at radius 3 is 2.74 bits per heavy atom. The minimum absolute atomic E-state index is 0.205. The van der Waals surface area contributed by atoms with Gasteiger partial charge in [-0.3, -0.25) is 4.79 Å². The number of aliphatic hydroxyl groups is 1. The summed E-state index contributed by atoms with van der Waals surface area (Å²) in [6.45, 7) is 1.40. The van der Waals surface area contributed by atoms with Gasteiger partial charge in [-0.05, 0) is 30.7 Å². The number of carbonyl (C=O) groups is 1. The van der Waals surface area contributed by atoms with E-state index in [1.807, 2.05) is 0 Å². The Labute approximate surface area is 108 Å². The summed E-state index contributed by atoms with van der Waals surface area (Å²) in [5.41, 5.74) is -0.486. The maximum Gasteiger partial charge on any atom is 0.416 e. The van der Waals surface area contributed by atoms with Crippen molar-refractivity contribution >= 4 is 12.0 Å². The van der Waals surface area contributed by atoms with Crippen LogP contribution in [-0.4, -0.2) is 23.7 Å². The van der Waals surface area contributed by atoms with E-state index in [0.717, 1.165) is 18.2 Å². The Bertz CT molecular complexity index is 469. The molecule has 0 bridgehead atoms. The highest BCUT2D eigenvalue weighted by Crippen LogP contribution is 2.29. The van der Waals surface area contributed by atoms with Crippen LogP contribution in [0.1, 0.15) is 18.1 Å². The second-order valence-corrected chi connectivity index (χ2v) is 4.05. The van der Waals surface area contributed by atoms with Crippen LogP contribution in [-0.2, 0) is 11.0 Å². The van der Waals surface area contributed by atoms with Crippen molar-refractivity contribution in [3.8, 4) is 0 Å². The Kier molecular flexibility index (Phi) is 5.11. The van der Waals surface area contributed by atoms with Crippen molar-refractivity contribution < 1.29 is 23.1 Å². The van der Waals surface area contributed by atoms with Crippen LogP contribution in [0.15, 0.2) is 30.3 Å². The number of rotatable bonds is 4. The van der Waals surface area contributed by atoms with Crippen LogP contribution in [0.5, 0.6) is 0 Å². The molecular formula is C13H14F3NO2. The number of amides is 1. The molecule has 0 aliphatic heterocycles. The van der Waals surface area contributed by atoms with E-state index in [1.54, 1.807) is 6.92 Å². The van der Waals surface area contributed by atoms with E-state index < -0.39 is 23.7 Å². The molecule has 0 saturated heterocycles. The van der Waals surface area contributed by atoms with Gasteiger partial charge in [0.15, 0.2) is 0 Å². The molecule has 104 valence electrons. The number of hydrogen-bond donors (Lipinski definition) is 2. The average molecular weight is 273 g/mol. The minimum Gasteiger partial charge on any atom is -0.394 e. The number of hydrogen-bond acceptors (Lipinski definition) is 2. The summed E-state index contributed by atoms with van der Waals surface area (Å²) in [7, 11) is 0. The summed E-state index contributed by atoms with van der Waals surface area (Å²) in [4.78, 5) is 11.3. The van der Waals surface area contributed by atoms with E-state index in [2.05, 4.69) is 5.32 Å². The summed E-state index contributed by atoms with van der Waals surface area (Å²) < 4.78 is 37.4. The van der Waals surface area contributed by atoms with Crippen LogP contribution in [0, 0.1) is 0 Å². The zero-order chi connectivity index (χ0) is 14.5. The number of alkyl halides is 3. The normalized spacial score (nSPS) is 13.5. The molecule has 1 aromatic rings. The van der Waals surface area contributed by atoms with E-state index in [4.69, 9.17) is 5.11 Å². The molecular weight excluding hydrogens is 259 g/mol. The average Bonchev–Trinajstić information content (AvgIpc) is 2.35. The summed E-state index contributed by atoms with van der Waals surface area (Å²) >= 11 is 0. The summed E-state index contributed by atoms with van der Waals surface area (Å²) in [5, 5.41) is 11.2. The highest BCUT2D eigenvalue weighted by Gasteiger charge is 2.30. The van der Waals surface area contributed by atoms with Crippen molar-refractivity contribution in [2.45, 2.75) is 19.1 Å². The van der Waals surface area contributed by atoms with Gasteiger partial charge in [0.1, 0.15) is 0 Å². The molecule has 1 aromatic carbocycles. The topological polar surface area (TPSA) is 49.3 Å². The molecule has 2 N–H and O–H groups in total. The van der Waals surface area contributed by atoms with E-state index >= 15 is 0 Å². The standard InChI is InChI=1S/C13H14F3NO2/c1-9(8-18)17-12(19)6-5-10-3-2-4-11(7-10)13(14,15)16/h2-7,9,18H,8H2,1H3,(H,17,19)/b6-5+. The van der Waals surface area contributed by atoms with Crippen molar-refractivity contribution in [1.82, 2.24) is 5.32 Å². The highest BCUT2D eigenvalue weighted by molar-refractivity contribution is 5.91. The zero-order valence-corrected chi connectivity index (χ0v) is 10.2. The fourth-order valence-corrected chi connectivity index (χ4v) is 1.33. The van der Waals surface area contributed by atoms with Crippen molar-refractivity contribution in [3.63, 3.8) is 0 Å². The molecule has 0 spiro atoms. The van der Waals surface area contributed by atoms with Crippen molar-refractivity contribution in [2.24, 2.45) is 0 Å². The molecule has 6 heteroatoms. The predicted molar refractivity (Wildman–Crippen MR) is 65.2 cm³/mol. The molecule has 0 aliphatic carbocycles. The van der Waals surface area contributed by atoms with E-state index in [0.29, 0.717) is 0 Å². The smallest absolute Gasteiger partial charge is 0.394 e. The zero-order valence-electron chi connectivity index (χ0n) is 10.2. The molecule has 0 heterocycles. The SMILES string of the molecule is CC(CO)NC(=O)/C=C/c1cccc(C(F)(F)F)c1. The monoisotopic (exact) mass is 273 g/mol. The third-order valence-electron chi connectivity index (χ3n) is 2.30. The summed E-state index contributed by atoms with van der Waals surface area (Å²) in [6.07, 6.45) is -1.99. The van der Waals surface area contributed by atoms with Crippen molar-refractivity contribution in [3.05, 3.63) is 41.5 Å². The van der Waals surface area contributed by atoms with Gasteiger partial charge in [0.2, 0.25) is 5.91 Å². The van der Waals surface area contributed by atoms with Gasteiger partial charge >= 0.3 is 6.18 Å². The first kappa shape index (κ1) is 15.2. The van der Waals surface area contributed by atoms with Crippen LogP contribution < -0.4 is 5.32 Å². The molecule has 1 amide bonds. The lowest BCUT2D eigenvalue weighted by Gasteiger charge is -2.08. The van der Waals surface area contributed by atoms with Crippen LogP contribution in [0.4, 0.5) is 13.2 Å². The van der Waals surface area contributed by atoms with Gasteiger partial charge in [0.25, 0.3) is 0 Å². The summed E-state index contributed by atoms with van der Waals surface area (Å²) in [6, 6.07) is 4.26. The van der Waals surface area contributed by atoms with Gasteiger partial charge in [0, 0.05) is 12.1 Å². The first-order chi connectivity index (χ1) is 8.82. The van der Waals surface area contributed by atoms with Gasteiger partial charge in [-0.2, -0.15) is 13.2 Å². The van der Waals surface area contributed by atoms with E-state index in [-0.39, 0.29) is 12.2 Å². The first-order valence-electron chi connectivity index (χ1n) is 5.59. The second kappa shape index (κ2) is 6.38. The lowest BCUT2D eigenvalue weighted by Crippen LogP contribution is -2.33. The maximum absolute atomic E-state index is 12.5. The second-order valence-electron chi connectivity index (χ2n) is 4.05. The Morgan fingerprint density at radius 1 is 1.47 bits per heavy atom. The van der Waals surface area contributed by atoms with Crippen LogP contribution in [0.25, 0.3) is 6.08 Å². The lowest BCUT2D eigenvalue weighted by atomic mass is 10.1. The lowest BCUT2D eigenvalue weighted by molar-refractivity contribution is -0.137. The molecule has 0 aromatic heterocycles. The highest BCUT2D eigenvalue weighted by atomic mass is 19.4. The number of aliphatic hydroxyl groups excluding tert-OH is 1. The number of nitrogens with one attached hydrogen (secondary N) is 1. The van der Waals surface area contributed by atoms with Gasteiger partial charge in [-0.15, -0.1) is 0 Å². The van der Waals surface area contributed by atoms with Crippen molar-refractivity contribution in [2.75, 3.05) is 6.61 Å². The van der Waals surface area contributed by atoms with Gasteiger partial charge < -0.3 is 10.4 Å². The van der Waals surface area contributed by atoms with Crippen LogP contribution >= 0.6 is 0 Å². The van der Waals surface area contributed by atoms with Gasteiger partial charge in [-0.25, -0.2) is 0 Å². The Hall–Kier alpha value is -1.82. The fraction of sp³-hybridized carbons (Fsp3) is 0.308. The number of benzene rings is 1. The number of carbonyl (C=O) groups excluding carboxylic acids is 1. The Balaban J connectivity index is 2.75. The van der Waals surface area contributed by atoms with Gasteiger partial charge in [-0.1, -0.05) is 12.1 Å². The Morgan fingerprint density at radius 2 is 2.16 bits per heavy atom. The van der Waals surface area contributed by atoms with Gasteiger partial charge in [0.05, 0.1) is 12.2 Å². The largest absolute Gasteiger partial charge is 0.416 e. The number of halogens is 3. The third kappa shape index (κ3) is 5.13. The molecule has 3 nitrogen and oxygen atoms in total. The maximum atomic E-state index is 12.5. The predicted octanol–water partition coefficient (Wildman–Crippen LogP) is 2.22. The van der Waals surface area contributed by atoms with Crippen molar-refractivity contribution in [1.29, 1.82) is 0 Å². The van der Waals surface area contributed by atoms with E-state index in [1.165, 1.54) is 18.2 Å². The molecule has 1 rings (SSSR count). The third-order valence-corrected chi connectivity index (χ3v) is 2.30. The summed E-state index contributed by atoms with van der Waals surface area (Å²) in [5.74, 6) is -0.473. The van der Waals surface area contributed by atoms with E-state index in [9.17, 15) is 18.0 Å². The quantitative estimate of drug-likeness (QED) is 0.826. The molecule has 0 radical (unpaired) electrons. The molecule has 1 unspecified atom stereocenters. The molecule has 0 saturated carbocycles. The molecule has 0 fully saturated rings.